The van der Waals surface area contributed by atoms with E-state index in [1.807, 2.05) is 12.1 Å². The van der Waals surface area contributed by atoms with Crippen LogP contribution in [0.5, 0.6) is 11.5 Å². The number of nitrogens with zero attached hydrogens (tertiary/aromatic N) is 1. The van der Waals surface area contributed by atoms with E-state index in [1.54, 1.807) is 19.4 Å². The Morgan fingerprint density at radius 3 is 2.95 bits per heavy atom. The van der Waals surface area contributed by atoms with E-state index in [4.69, 9.17) is 14.0 Å². The zero-order valence-electron chi connectivity index (χ0n) is 11.8. The third-order valence-corrected chi connectivity index (χ3v) is 3.90. The lowest BCUT2D eigenvalue weighted by Crippen LogP contribution is -2.15. The minimum Gasteiger partial charge on any atom is -0.493 e. The van der Waals surface area contributed by atoms with Gasteiger partial charge in [-0.2, -0.15) is 0 Å². The number of methoxy groups -OCH3 is 1. The van der Waals surface area contributed by atoms with Crippen molar-refractivity contribution in [2.75, 3.05) is 7.11 Å². The van der Waals surface area contributed by atoms with Gasteiger partial charge in [0.1, 0.15) is 6.61 Å². The van der Waals surface area contributed by atoms with Crippen molar-refractivity contribution in [3.8, 4) is 11.5 Å². The van der Waals surface area contributed by atoms with Crippen molar-refractivity contribution in [3.05, 3.63) is 40.2 Å². The Balaban J connectivity index is 1.71. The summed E-state index contributed by atoms with van der Waals surface area (Å²) >= 11 is 3.55. The zero-order chi connectivity index (χ0) is 14.7. The Labute approximate surface area is 131 Å². The number of rotatable bonds is 7. The summed E-state index contributed by atoms with van der Waals surface area (Å²) in [5.41, 5.74) is 1.16. The second-order valence-electron chi connectivity index (χ2n) is 5.03. The molecule has 3 rings (SSSR count). The molecule has 1 saturated carbocycles. The Hall–Kier alpha value is -1.53. The van der Waals surface area contributed by atoms with E-state index in [0.717, 1.165) is 16.6 Å². The first-order valence-corrected chi connectivity index (χ1v) is 7.67. The van der Waals surface area contributed by atoms with Crippen molar-refractivity contribution in [3.63, 3.8) is 0 Å². The smallest absolute Gasteiger partial charge is 0.176 e. The molecule has 0 saturated heterocycles. The molecule has 1 fully saturated rings. The first-order valence-electron chi connectivity index (χ1n) is 6.88. The van der Waals surface area contributed by atoms with Crippen LogP contribution in [0.4, 0.5) is 0 Å². The summed E-state index contributed by atoms with van der Waals surface area (Å²) in [6.45, 7) is 1.15. The van der Waals surface area contributed by atoms with E-state index in [2.05, 4.69) is 26.4 Å². The highest BCUT2D eigenvalue weighted by Gasteiger charge is 2.20. The topological polar surface area (TPSA) is 56.5 Å². The molecule has 0 aliphatic heterocycles. The number of ether oxygens (including phenoxy) is 2. The molecular formula is C15H17BrN2O3. The van der Waals surface area contributed by atoms with Crippen LogP contribution in [0.15, 0.2) is 33.4 Å². The first kappa shape index (κ1) is 14.4. The molecule has 0 unspecified atom stereocenters. The van der Waals surface area contributed by atoms with Gasteiger partial charge < -0.3 is 19.3 Å². The second-order valence-corrected chi connectivity index (χ2v) is 5.89. The minimum atomic E-state index is 0.314. The van der Waals surface area contributed by atoms with Gasteiger partial charge in [-0.3, -0.25) is 0 Å². The maximum Gasteiger partial charge on any atom is 0.176 e. The predicted octanol–water partition coefficient (Wildman–Crippen LogP) is 3.28. The highest BCUT2D eigenvalue weighted by atomic mass is 79.9. The molecule has 0 bridgehead atoms. The highest BCUT2D eigenvalue weighted by molar-refractivity contribution is 9.10. The monoisotopic (exact) mass is 352 g/mol. The Kier molecular flexibility index (Phi) is 4.45. The quantitative estimate of drug-likeness (QED) is 0.828. The maximum atomic E-state index is 5.77. The molecule has 1 aliphatic carbocycles. The fourth-order valence-electron chi connectivity index (χ4n) is 2.02. The lowest BCUT2D eigenvalue weighted by molar-refractivity contribution is 0.237. The molecule has 6 heteroatoms. The summed E-state index contributed by atoms with van der Waals surface area (Å²) < 4.78 is 17.1. The number of benzene rings is 1. The number of aromatic nitrogens is 1. The van der Waals surface area contributed by atoms with Crippen LogP contribution in [0.25, 0.3) is 0 Å². The minimum absolute atomic E-state index is 0.314. The van der Waals surface area contributed by atoms with Gasteiger partial charge in [-0.1, -0.05) is 5.16 Å². The predicted molar refractivity (Wildman–Crippen MR) is 81.4 cm³/mol. The summed E-state index contributed by atoms with van der Waals surface area (Å²) in [4.78, 5) is 0. The normalized spacial score (nSPS) is 14.2. The third-order valence-electron chi connectivity index (χ3n) is 3.31. The maximum absolute atomic E-state index is 5.77. The van der Waals surface area contributed by atoms with E-state index in [0.29, 0.717) is 29.9 Å². The van der Waals surface area contributed by atoms with Crippen molar-refractivity contribution in [1.29, 1.82) is 0 Å². The molecule has 1 aromatic carbocycles. The molecule has 112 valence electrons. The van der Waals surface area contributed by atoms with Crippen LogP contribution in [0.3, 0.4) is 0 Å². The summed E-state index contributed by atoms with van der Waals surface area (Å²) in [7, 11) is 1.64. The summed E-state index contributed by atoms with van der Waals surface area (Å²) in [5, 5.41) is 7.14. The number of halogens is 1. The average Bonchev–Trinajstić information content (AvgIpc) is 3.17. The van der Waals surface area contributed by atoms with Gasteiger partial charge in [-0.25, -0.2) is 0 Å². The molecule has 0 radical (unpaired) electrons. The molecule has 5 nitrogen and oxygen atoms in total. The lowest BCUT2D eigenvalue weighted by Gasteiger charge is -2.14. The number of nitrogens with one attached hydrogen (secondary N) is 1. The van der Waals surface area contributed by atoms with Crippen molar-refractivity contribution in [2.24, 2.45) is 0 Å². The summed E-state index contributed by atoms with van der Waals surface area (Å²) in [5.74, 6) is 2.05. The molecule has 1 aliphatic rings. The van der Waals surface area contributed by atoms with Crippen LogP contribution in [0, 0.1) is 0 Å². The highest BCUT2D eigenvalue weighted by Crippen LogP contribution is 2.37. The van der Waals surface area contributed by atoms with Gasteiger partial charge >= 0.3 is 0 Å². The molecule has 21 heavy (non-hydrogen) atoms. The van der Waals surface area contributed by atoms with Gasteiger partial charge in [0.25, 0.3) is 0 Å². The van der Waals surface area contributed by atoms with Crippen LogP contribution in [-0.2, 0) is 13.2 Å². The van der Waals surface area contributed by atoms with Crippen LogP contribution >= 0.6 is 15.9 Å². The Morgan fingerprint density at radius 1 is 1.43 bits per heavy atom. The fourth-order valence-corrected chi connectivity index (χ4v) is 2.63. The van der Waals surface area contributed by atoms with Crippen molar-refractivity contribution >= 4 is 15.9 Å². The molecule has 0 spiro atoms. The van der Waals surface area contributed by atoms with Crippen LogP contribution in [-0.4, -0.2) is 18.3 Å². The number of hydrogen-bond acceptors (Lipinski definition) is 5. The third kappa shape index (κ3) is 3.77. The SMILES string of the molecule is COc1cc(CNC2CC2)cc(Br)c1OCc1ccno1. The summed E-state index contributed by atoms with van der Waals surface area (Å²) in [6.07, 6.45) is 4.14. The second kappa shape index (κ2) is 6.49. The van der Waals surface area contributed by atoms with Crippen molar-refractivity contribution in [1.82, 2.24) is 10.5 Å². The molecule has 0 amide bonds. The molecule has 0 atom stereocenters. The van der Waals surface area contributed by atoms with E-state index < -0.39 is 0 Å². The van der Waals surface area contributed by atoms with Gasteiger partial charge in [0.2, 0.25) is 0 Å². The van der Waals surface area contributed by atoms with E-state index in [-0.39, 0.29) is 0 Å². The van der Waals surface area contributed by atoms with Crippen LogP contribution < -0.4 is 14.8 Å². The van der Waals surface area contributed by atoms with Crippen LogP contribution in [0.1, 0.15) is 24.2 Å². The molecule has 1 N–H and O–H groups in total. The Morgan fingerprint density at radius 2 is 2.29 bits per heavy atom. The largest absolute Gasteiger partial charge is 0.493 e. The van der Waals surface area contributed by atoms with Gasteiger partial charge in [-0.05, 0) is 46.5 Å². The van der Waals surface area contributed by atoms with Gasteiger partial charge in [0.05, 0.1) is 17.8 Å². The summed E-state index contributed by atoms with van der Waals surface area (Å²) in [6, 6.07) is 6.50. The van der Waals surface area contributed by atoms with Crippen molar-refractivity contribution in [2.45, 2.75) is 32.0 Å². The fraction of sp³-hybridized carbons (Fsp3) is 0.400. The van der Waals surface area contributed by atoms with E-state index in [9.17, 15) is 0 Å². The molecular weight excluding hydrogens is 336 g/mol. The van der Waals surface area contributed by atoms with Crippen LogP contribution in [0.2, 0.25) is 0 Å². The Bertz CT molecular complexity index is 597. The molecule has 1 heterocycles. The van der Waals surface area contributed by atoms with Crippen molar-refractivity contribution < 1.29 is 14.0 Å². The van der Waals surface area contributed by atoms with E-state index >= 15 is 0 Å². The van der Waals surface area contributed by atoms with Gasteiger partial charge in [0.15, 0.2) is 17.3 Å². The number of hydrogen-bond donors (Lipinski definition) is 1. The van der Waals surface area contributed by atoms with Gasteiger partial charge in [-0.15, -0.1) is 0 Å². The standard InChI is InChI=1S/C15H17BrN2O3/c1-19-14-7-10(8-17-11-2-3-11)6-13(16)15(14)20-9-12-4-5-18-21-12/h4-7,11,17H,2-3,8-9H2,1H3. The van der Waals surface area contributed by atoms with E-state index in [1.165, 1.54) is 12.8 Å². The zero-order valence-corrected chi connectivity index (χ0v) is 13.4. The molecule has 1 aromatic heterocycles. The first-order chi connectivity index (χ1) is 10.3. The van der Waals surface area contributed by atoms with Gasteiger partial charge in [0, 0.05) is 18.7 Å². The average molecular weight is 353 g/mol. The lowest BCUT2D eigenvalue weighted by atomic mass is 10.2. The molecule has 2 aromatic rings.